The molecule has 1 aromatic carbocycles. The third-order valence-electron chi connectivity index (χ3n) is 4.91. The van der Waals surface area contributed by atoms with Gasteiger partial charge in [0.1, 0.15) is 12.1 Å². The predicted molar refractivity (Wildman–Crippen MR) is 87.9 cm³/mol. The molecule has 8 heteroatoms. The van der Waals surface area contributed by atoms with Gasteiger partial charge in [-0.1, -0.05) is 42.3 Å². The number of amides is 3. The van der Waals surface area contributed by atoms with Gasteiger partial charge in [-0.3, -0.25) is 9.69 Å². The lowest BCUT2D eigenvalue weighted by molar-refractivity contribution is -0.131. The van der Waals surface area contributed by atoms with Crippen molar-refractivity contribution in [3.05, 3.63) is 35.7 Å². The number of carbonyl (C=O) groups is 2. The molecule has 3 N–H and O–H groups in total. The molecule has 0 bridgehead atoms. The van der Waals surface area contributed by atoms with Crippen molar-refractivity contribution in [3.63, 3.8) is 0 Å². The van der Waals surface area contributed by atoms with Gasteiger partial charge in [0.25, 0.3) is 5.91 Å². The maximum atomic E-state index is 12.6. The summed E-state index contributed by atoms with van der Waals surface area (Å²) in [6.45, 7) is 0.450. The summed E-state index contributed by atoms with van der Waals surface area (Å²) in [5.41, 5.74) is 6.66. The molecule has 2 fully saturated rings. The minimum atomic E-state index is -0.724. The van der Waals surface area contributed by atoms with E-state index in [1.165, 1.54) is 4.90 Å². The molecule has 1 aliphatic carbocycles. The Morgan fingerprint density at radius 3 is 2.60 bits per heavy atom. The van der Waals surface area contributed by atoms with Crippen LogP contribution in [0.3, 0.4) is 0 Å². The smallest absolute Gasteiger partial charge is 0.325 e. The Labute approximate surface area is 144 Å². The first-order valence-corrected chi connectivity index (χ1v) is 8.37. The number of nitrogens with two attached hydrogens (primary N) is 1. The highest BCUT2D eigenvalue weighted by molar-refractivity contribution is 6.07. The van der Waals surface area contributed by atoms with Gasteiger partial charge in [-0.05, 0) is 18.4 Å². The molecule has 1 aliphatic heterocycles. The second-order valence-corrected chi connectivity index (χ2v) is 6.52. The second-order valence-electron chi connectivity index (χ2n) is 6.52. The van der Waals surface area contributed by atoms with Crippen LogP contribution in [0.15, 0.2) is 28.8 Å². The Balaban J connectivity index is 1.51. The molecule has 1 aromatic heterocycles. The van der Waals surface area contributed by atoms with Crippen molar-refractivity contribution in [1.82, 2.24) is 20.4 Å². The largest absolute Gasteiger partial charge is 0.337 e. The maximum absolute atomic E-state index is 12.6. The van der Waals surface area contributed by atoms with Crippen molar-refractivity contribution in [1.29, 1.82) is 0 Å². The molecule has 0 radical (unpaired) electrons. The lowest BCUT2D eigenvalue weighted by Crippen LogP contribution is -2.44. The third kappa shape index (κ3) is 2.68. The summed E-state index contributed by atoms with van der Waals surface area (Å²) >= 11 is 0. The van der Waals surface area contributed by atoms with Gasteiger partial charge < -0.3 is 15.6 Å². The molecule has 1 saturated carbocycles. The third-order valence-corrected chi connectivity index (χ3v) is 4.91. The molecule has 25 heavy (non-hydrogen) atoms. The van der Waals surface area contributed by atoms with Crippen LogP contribution in [0.1, 0.15) is 37.1 Å². The van der Waals surface area contributed by atoms with E-state index in [0.29, 0.717) is 25.2 Å². The molecule has 130 valence electrons. The zero-order valence-electron chi connectivity index (χ0n) is 13.7. The van der Waals surface area contributed by atoms with Crippen molar-refractivity contribution >= 4 is 11.9 Å². The number of rotatable bonds is 4. The van der Waals surface area contributed by atoms with Gasteiger partial charge in [-0.15, -0.1) is 0 Å². The van der Waals surface area contributed by atoms with Crippen LogP contribution in [0.25, 0.3) is 11.4 Å². The van der Waals surface area contributed by atoms with Crippen LogP contribution in [0.4, 0.5) is 4.79 Å². The van der Waals surface area contributed by atoms with E-state index in [4.69, 9.17) is 10.3 Å². The quantitative estimate of drug-likeness (QED) is 0.816. The van der Waals surface area contributed by atoms with Crippen LogP contribution in [0, 0.1) is 0 Å². The first-order valence-electron chi connectivity index (χ1n) is 8.37. The van der Waals surface area contributed by atoms with Crippen LogP contribution in [0.5, 0.6) is 0 Å². The van der Waals surface area contributed by atoms with E-state index in [1.807, 2.05) is 24.3 Å². The molecule has 3 amide bonds. The predicted octanol–water partition coefficient (Wildman–Crippen LogP) is 1.56. The number of urea groups is 1. The Hall–Kier alpha value is -2.74. The Kier molecular flexibility index (Phi) is 3.76. The average Bonchev–Trinajstić information content (AvgIpc) is 3.33. The fourth-order valence-electron chi connectivity index (χ4n) is 3.50. The summed E-state index contributed by atoms with van der Waals surface area (Å²) in [6, 6.07) is 7.12. The van der Waals surface area contributed by atoms with Crippen molar-refractivity contribution in [2.45, 2.75) is 44.3 Å². The molecule has 2 aliphatic rings. The van der Waals surface area contributed by atoms with Gasteiger partial charge in [-0.25, -0.2) is 4.79 Å². The first kappa shape index (κ1) is 15.8. The van der Waals surface area contributed by atoms with Crippen molar-refractivity contribution in [3.8, 4) is 11.4 Å². The van der Waals surface area contributed by atoms with Gasteiger partial charge in [0.2, 0.25) is 11.7 Å². The fourth-order valence-corrected chi connectivity index (χ4v) is 3.50. The summed E-state index contributed by atoms with van der Waals surface area (Å²) in [7, 11) is 0. The first-order chi connectivity index (χ1) is 12.1. The SMILES string of the molecule is NCc1ccc(-c2noc(CN3C(=O)NC4(CCCC4)C3=O)n2)cc1. The summed E-state index contributed by atoms with van der Waals surface area (Å²) in [5, 5.41) is 6.77. The van der Waals surface area contributed by atoms with Gasteiger partial charge >= 0.3 is 6.03 Å². The minimum absolute atomic E-state index is 0.0136. The number of benzene rings is 1. The number of nitrogens with one attached hydrogen (secondary N) is 1. The van der Waals surface area contributed by atoms with E-state index in [1.54, 1.807) is 0 Å². The molecule has 4 rings (SSSR count). The molecule has 2 aromatic rings. The molecule has 0 atom stereocenters. The molecule has 1 saturated heterocycles. The van der Waals surface area contributed by atoms with Crippen molar-refractivity contribution in [2.24, 2.45) is 5.73 Å². The Morgan fingerprint density at radius 1 is 1.20 bits per heavy atom. The van der Waals surface area contributed by atoms with Gasteiger partial charge in [-0.2, -0.15) is 4.98 Å². The molecule has 0 unspecified atom stereocenters. The van der Waals surface area contributed by atoms with Crippen LogP contribution < -0.4 is 11.1 Å². The van der Waals surface area contributed by atoms with Crippen LogP contribution in [-0.2, 0) is 17.9 Å². The topological polar surface area (TPSA) is 114 Å². The highest BCUT2D eigenvalue weighted by atomic mass is 16.5. The number of hydrogen-bond donors (Lipinski definition) is 2. The second kappa shape index (κ2) is 5.96. The van der Waals surface area contributed by atoms with Crippen LogP contribution in [0.2, 0.25) is 0 Å². The summed E-state index contributed by atoms with van der Waals surface area (Å²) < 4.78 is 5.23. The number of hydrogen-bond acceptors (Lipinski definition) is 6. The lowest BCUT2D eigenvalue weighted by atomic mass is 9.98. The van der Waals surface area contributed by atoms with E-state index in [0.717, 1.165) is 24.0 Å². The number of nitrogens with zero attached hydrogens (tertiary/aromatic N) is 3. The highest BCUT2D eigenvalue weighted by Gasteiger charge is 2.52. The van der Waals surface area contributed by atoms with Gasteiger partial charge in [0.05, 0.1) is 0 Å². The van der Waals surface area contributed by atoms with E-state index < -0.39 is 5.54 Å². The Bertz CT molecular complexity index is 808. The molecule has 1 spiro atoms. The normalized spacial score (nSPS) is 19.0. The maximum Gasteiger partial charge on any atom is 0.325 e. The highest BCUT2D eigenvalue weighted by Crippen LogP contribution is 2.35. The zero-order valence-corrected chi connectivity index (χ0v) is 13.7. The summed E-state index contributed by atoms with van der Waals surface area (Å²) in [6.07, 6.45) is 3.28. The van der Waals surface area contributed by atoms with Crippen molar-refractivity contribution in [2.75, 3.05) is 0 Å². The number of carbonyl (C=O) groups excluding carboxylic acids is 2. The monoisotopic (exact) mass is 341 g/mol. The standard InChI is InChI=1S/C17H19N5O3/c18-9-11-3-5-12(6-4-11)14-19-13(25-21-14)10-22-15(23)17(20-16(22)24)7-1-2-8-17/h3-6H,1-2,7-10,18H2,(H,20,24). The van der Waals surface area contributed by atoms with E-state index in [2.05, 4.69) is 15.5 Å². The molecule has 2 heterocycles. The number of imide groups is 1. The van der Waals surface area contributed by atoms with Gasteiger partial charge in [0, 0.05) is 12.1 Å². The number of aromatic nitrogens is 2. The average molecular weight is 341 g/mol. The van der Waals surface area contributed by atoms with E-state index in [-0.39, 0.29) is 24.4 Å². The zero-order chi connectivity index (χ0) is 17.4. The molecule has 8 nitrogen and oxygen atoms in total. The lowest BCUT2D eigenvalue weighted by Gasteiger charge is -2.19. The van der Waals surface area contributed by atoms with Crippen LogP contribution in [-0.4, -0.2) is 32.5 Å². The summed E-state index contributed by atoms with van der Waals surface area (Å²) in [4.78, 5) is 30.3. The van der Waals surface area contributed by atoms with E-state index in [9.17, 15) is 9.59 Å². The fraction of sp³-hybridized carbons (Fsp3) is 0.412. The van der Waals surface area contributed by atoms with Gasteiger partial charge in [0.15, 0.2) is 0 Å². The van der Waals surface area contributed by atoms with Crippen LogP contribution >= 0.6 is 0 Å². The molecular weight excluding hydrogens is 322 g/mol. The Morgan fingerprint density at radius 2 is 1.92 bits per heavy atom. The van der Waals surface area contributed by atoms with Crippen molar-refractivity contribution < 1.29 is 14.1 Å². The summed E-state index contributed by atoms with van der Waals surface area (Å²) in [5.74, 6) is 0.458. The minimum Gasteiger partial charge on any atom is -0.337 e. The van der Waals surface area contributed by atoms with E-state index >= 15 is 0 Å². The molecular formula is C17H19N5O3.